The predicted molar refractivity (Wildman–Crippen MR) is 109 cm³/mol. The summed E-state index contributed by atoms with van der Waals surface area (Å²) < 4.78 is 0. The van der Waals surface area contributed by atoms with Gasteiger partial charge in [0.1, 0.15) is 5.69 Å². The summed E-state index contributed by atoms with van der Waals surface area (Å²) in [5.74, 6) is 10.7. The third kappa shape index (κ3) is 5.23. The van der Waals surface area contributed by atoms with Gasteiger partial charge in [0.25, 0.3) is 5.69 Å². The van der Waals surface area contributed by atoms with Crippen LogP contribution in [0.5, 0.6) is 0 Å². The number of rotatable bonds is 5. The highest BCUT2D eigenvalue weighted by Crippen LogP contribution is 2.32. The van der Waals surface area contributed by atoms with Crippen molar-refractivity contribution in [2.45, 2.75) is 0 Å². The lowest BCUT2D eigenvalue weighted by molar-refractivity contribution is -0.383. The number of nitrogens with one attached hydrogen (secondary N) is 1. The van der Waals surface area contributed by atoms with Crippen LogP contribution in [0.4, 0.5) is 17.1 Å². The molecule has 0 aliphatic heterocycles. The number of para-hydroxylation sites is 2. The maximum absolute atomic E-state index is 12.1. The van der Waals surface area contributed by atoms with Gasteiger partial charge in [0.15, 0.2) is 0 Å². The first-order valence-corrected chi connectivity index (χ1v) is 9.02. The second-order valence-corrected chi connectivity index (χ2v) is 6.69. The first kappa shape index (κ1) is 20.8. The number of hydrazone groups is 1. The van der Waals surface area contributed by atoms with E-state index in [1.165, 1.54) is 18.2 Å². The van der Waals surface area contributed by atoms with Gasteiger partial charge in [-0.1, -0.05) is 53.2 Å². The maximum Gasteiger partial charge on any atom is 0.292 e. The Morgan fingerprint density at radius 3 is 2.63 bits per heavy atom. The highest BCUT2D eigenvalue weighted by atomic mass is 35.5. The number of carbonyl (C=O) groups excluding carboxylic acids is 1. The minimum absolute atomic E-state index is 0.0850. The lowest BCUT2D eigenvalue weighted by atomic mass is 10.2. The number of hydrazine groups is 1. The molecule has 0 unspecified atom stereocenters. The number of nitro benzene ring substituents is 1. The average Bonchev–Trinajstić information content (AvgIpc) is 2.64. The van der Waals surface area contributed by atoms with Crippen molar-refractivity contribution in [2.75, 3.05) is 16.1 Å². The van der Waals surface area contributed by atoms with Crippen molar-refractivity contribution in [1.82, 2.24) is 0 Å². The molecule has 0 aromatic heterocycles. The van der Waals surface area contributed by atoms with E-state index in [-0.39, 0.29) is 27.3 Å². The summed E-state index contributed by atoms with van der Waals surface area (Å²) in [6.07, 6.45) is 0. The number of hydrogen-bond donors (Lipinski definition) is 3. The van der Waals surface area contributed by atoms with Crippen molar-refractivity contribution in [1.29, 1.82) is 0 Å². The third-order valence-corrected chi connectivity index (χ3v) is 4.99. The number of carbonyl (C=O) groups is 1. The first-order chi connectivity index (χ1) is 12.8. The largest absolute Gasteiger partial charge is 0.321 e. The normalized spacial score (nSPS) is 11.1. The zero-order valence-corrected chi connectivity index (χ0v) is 16.0. The Labute approximate surface area is 168 Å². The van der Waals surface area contributed by atoms with Gasteiger partial charge in [0.05, 0.1) is 26.4 Å². The number of nitro groups is 1. The maximum atomic E-state index is 12.1. The minimum Gasteiger partial charge on any atom is -0.321 e. The van der Waals surface area contributed by atoms with E-state index in [2.05, 4.69) is 10.4 Å². The summed E-state index contributed by atoms with van der Waals surface area (Å²) in [7, 11) is 0. The number of thioether (sulfide) groups is 1. The Balaban J connectivity index is 2.05. The van der Waals surface area contributed by atoms with Crippen LogP contribution in [0.3, 0.4) is 0 Å². The Hall–Kier alpha value is -2.53. The van der Waals surface area contributed by atoms with Crippen molar-refractivity contribution in [2.24, 2.45) is 16.8 Å². The van der Waals surface area contributed by atoms with E-state index in [0.717, 1.165) is 16.8 Å². The van der Waals surface area contributed by atoms with Crippen LogP contribution in [0.25, 0.3) is 0 Å². The molecule has 5 N–H and O–H groups in total. The van der Waals surface area contributed by atoms with Gasteiger partial charge in [-0.3, -0.25) is 19.9 Å². The molecule has 0 aliphatic rings. The molecule has 0 aliphatic carbocycles. The zero-order valence-electron chi connectivity index (χ0n) is 13.6. The Morgan fingerprint density at radius 1 is 1.26 bits per heavy atom. The van der Waals surface area contributed by atoms with E-state index in [0.29, 0.717) is 10.7 Å². The van der Waals surface area contributed by atoms with Crippen molar-refractivity contribution in [3.63, 3.8) is 0 Å². The van der Waals surface area contributed by atoms with Crippen LogP contribution in [0, 0.1) is 10.1 Å². The van der Waals surface area contributed by atoms with Gasteiger partial charge in [-0.25, -0.2) is 5.84 Å². The monoisotopic (exact) mass is 428 g/mol. The molecule has 0 atom stereocenters. The minimum atomic E-state index is -0.585. The number of nitrogens with zero attached hydrogens (tertiary/aromatic N) is 3. The van der Waals surface area contributed by atoms with Crippen molar-refractivity contribution >= 4 is 63.1 Å². The molecule has 1 amide bonds. The molecule has 0 spiro atoms. The summed E-state index contributed by atoms with van der Waals surface area (Å²) in [5.41, 5.74) is 0.219. The summed E-state index contributed by atoms with van der Waals surface area (Å²) in [6, 6.07) is 10.6. The summed E-state index contributed by atoms with van der Waals surface area (Å²) in [5, 5.41) is 18.7. The van der Waals surface area contributed by atoms with Crippen molar-refractivity contribution < 1.29 is 9.72 Å². The van der Waals surface area contributed by atoms with E-state index < -0.39 is 10.8 Å². The second-order valence-electron chi connectivity index (χ2n) is 4.97. The van der Waals surface area contributed by atoms with E-state index in [1.54, 1.807) is 24.3 Å². The molecule has 0 saturated carbocycles. The van der Waals surface area contributed by atoms with Gasteiger partial charge in [-0.15, -0.1) is 0 Å². The number of amidine groups is 1. The van der Waals surface area contributed by atoms with Crippen LogP contribution in [-0.4, -0.2) is 21.8 Å². The number of hydrogen-bond acceptors (Lipinski definition) is 7. The summed E-state index contributed by atoms with van der Waals surface area (Å²) in [6.45, 7) is 0. The molecule has 0 fully saturated rings. The number of nitrogens with two attached hydrogens (primary N) is 2. The van der Waals surface area contributed by atoms with E-state index >= 15 is 0 Å². The third-order valence-electron chi connectivity index (χ3n) is 3.21. The van der Waals surface area contributed by atoms with E-state index in [4.69, 9.17) is 34.9 Å². The quantitative estimate of drug-likeness (QED) is 0.218. The Kier molecular flexibility index (Phi) is 7.25. The van der Waals surface area contributed by atoms with Crippen LogP contribution in [-0.2, 0) is 4.79 Å². The van der Waals surface area contributed by atoms with Gasteiger partial charge in [0, 0.05) is 6.07 Å². The summed E-state index contributed by atoms with van der Waals surface area (Å²) in [4.78, 5) is 22.5. The fraction of sp³-hybridized carbons (Fsp3) is 0.0667. The molecule has 0 saturated heterocycles. The number of benzene rings is 2. The molecular weight excluding hydrogens is 415 g/mol. The van der Waals surface area contributed by atoms with Crippen molar-refractivity contribution in [3.05, 3.63) is 62.6 Å². The molecule has 12 heteroatoms. The molecular formula is C15H14Cl2N6O3S. The molecule has 27 heavy (non-hydrogen) atoms. The second kappa shape index (κ2) is 9.42. The van der Waals surface area contributed by atoms with Crippen LogP contribution in [0.2, 0.25) is 10.0 Å². The predicted octanol–water partition coefficient (Wildman–Crippen LogP) is 3.18. The van der Waals surface area contributed by atoms with E-state index in [9.17, 15) is 14.9 Å². The molecule has 142 valence electrons. The zero-order chi connectivity index (χ0) is 20.0. The van der Waals surface area contributed by atoms with Gasteiger partial charge >= 0.3 is 0 Å². The van der Waals surface area contributed by atoms with Gasteiger partial charge in [-0.2, -0.15) is 5.10 Å². The first-order valence-electron chi connectivity index (χ1n) is 7.28. The SMILES string of the molecule is N/N=C(/SCC(=O)Nc1ccccc1[N+](=O)[O-])N(N)c1cccc(Cl)c1Cl. The van der Waals surface area contributed by atoms with Gasteiger partial charge in [-0.05, 0) is 18.2 Å². The Bertz CT molecular complexity index is 896. The highest BCUT2D eigenvalue weighted by molar-refractivity contribution is 8.14. The number of amides is 1. The van der Waals surface area contributed by atoms with Crippen molar-refractivity contribution in [3.8, 4) is 0 Å². The topological polar surface area (TPSA) is 140 Å². The van der Waals surface area contributed by atoms with Gasteiger partial charge in [0.2, 0.25) is 11.1 Å². The molecule has 0 bridgehead atoms. The number of anilines is 2. The highest BCUT2D eigenvalue weighted by Gasteiger charge is 2.19. The standard InChI is InChI=1S/C15H14Cl2N6O3S/c16-9-4-3-7-12(14(9)17)22(19)15(21-18)27-8-13(24)20-10-5-1-2-6-11(10)23(25)26/h1-7H,8,18-19H2,(H,20,24)/b21-15+. The fourth-order valence-electron chi connectivity index (χ4n) is 2.01. The molecule has 0 radical (unpaired) electrons. The van der Waals surface area contributed by atoms with Crippen LogP contribution < -0.4 is 22.0 Å². The number of halogens is 2. The molecule has 9 nitrogen and oxygen atoms in total. The van der Waals surface area contributed by atoms with Crippen LogP contribution >= 0.6 is 35.0 Å². The lowest BCUT2D eigenvalue weighted by Gasteiger charge is -2.20. The summed E-state index contributed by atoms with van der Waals surface area (Å²) >= 11 is 13.0. The molecule has 2 aromatic rings. The van der Waals surface area contributed by atoms with Crippen LogP contribution in [0.15, 0.2) is 47.6 Å². The van der Waals surface area contributed by atoms with E-state index in [1.807, 2.05) is 0 Å². The Morgan fingerprint density at radius 2 is 1.96 bits per heavy atom. The molecule has 2 rings (SSSR count). The molecule has 0 heterocycles. The lowest BCUT2D eigenvalue weighted by Crippen LogP contribution is -2.37. The average molecular weight is 429 g/mol. The molecule has 2 aromatic carbocycles. The smallest absolute Gasteiger partial charge is 0.292 e. The van der Waals surface area contributed by atoms with Gasteiger partial charge < -0.3 is 11.2 Å². The van der Waals surface area contributed by atoms with Crippen LogP contribution in [0.1, 0.15) is 0 Å². The fourth-order valence-corrected chi connectivity index (χ4v) is 3.04.